The first-order valence-electron chi connectivity index (χ1n) is 11.3. The topological polar surface area (TPSA) is 72.3 Å². The average Bonchev–Trinajstić information content (AvgIpc) is 2.82. The Morgan fingerprint density at radius 2 is 1.94 bits per heavy atom. The van der Waals surface area contributed by atoms with E-state index in [9.17, 15) is 4.79 Å². The number of unbranched alkanes of at least 4 members (excludes halogenated alkanes) is 1. The van der Waals surface area contributed by atoms with Gasteiger partial charge in [-0.3, -0.25) is 9.36 Å². The second kappa shape index (κ2) is 10.5. The molecule has 0 aliphatic carbocycles. The van der Waals surface area contributed by atoms with Gasteiger partial charge in [0.2, 0.25) is 5.95 Å². The first-order valence-corrected chi connectivity index (χ1v) is 11.3. The van der Waals surface area contributed by atoms with Crippen molar-refractivity contribution in [2.45, 2.75) is 45.2 Å². The molecule has 3 heterocycles. The molecular formula is C24H31N5O2. The lowest BCUT2D eigenvalue weighted by molar-refractivity contribution is 0.123. The summed E-state index contributed by atoms with van der Waals surface area (Å²) in [6, 6.07) is 14.0. The molecule has 4 rings (SSSR count). The highest BCUT2D eigenvalue weighted by molar-refractivity contribution is 5.76. The summed E-state index contributed by atoms with van der Waals surface area (Å²) in [5, 5.41) is 4.29. The fraction of sp³-hybridized carbons (Fsp3) is 0.458. The van der Waals surface area contributed by atoms with E-state index in [0.29, 0.717) is 37.4 Å². The van der Waals surface area contributed by atoms with Gasteiger partial charge in [-0.15, -0.1) is 0 Å². The zero-order chi connectivity index (χ0) is 21.5. The van der Waals surface area contributed by atoms with E-state index < -0.39 is 0 Å². The van der Waals surface area contributed by atoms with Crippen LogP contribution in [0.1, 0.15) is 32.6 Å². The Bertz CT molecular complexity index is 1030. The maximum Gasteiger partial charge on any atom is 0.252 e. The summed E-state index contributed by atoms with van der Waals surface area (Å²) in [5.41, 5.74) is 1.66. The van der Waals surface area contributed by atoms with Crippen molar-refractivity contribution in [2.75, 3.05) is 31.2 Å². The Balaban J connectivity index is 1.70. The lowest BCUT2D eigenvalue weighted by atomic mass is 10.0. The molecule has 3 aromatic rings. The zero-order valence-corrected chi connectivity index (χ0v) is 18.2. The molecule has 0 bridgehead atoms. The number of anilines is 2. The van der Waals surface area contributed by atoms with Crippen molar-refractivity contribution in [1.29, 1.82) is 0 Å². The number of nitrogens with one attached hydrogen (secondary N) is 1. The molecule has 0 saturated carbocycles. The highest BCUT2D eigenvalue weighted by atomic mass is 16.5. The van der Waals surface area contributed by atoms with E-state index in [1.807, 2.05) is 24.4 Å². The minimum Gasteiger partial charge on any atom is -0.380 e. The molecule has 2 aromatic heterocycles. The van der Waals surface area contributed by atoms with Crippen LogP contribution in [0.4, 0.5) is 11.6 Å². The number of ether oxygens (including phenoxy) is 1. The molecule has 1 N–H and O–H groups in total. The summed E-state index contributed by atoms with van der Waals surface area (Å²) in [5.74, 6) is 0.636. The van der Waals surface area contributed by atoms with Crippen molar-refractivity contribution in [1.82, 2.24) is 19.9 Å². The predicted molar refractivity (Wildman–Crippen MR) is 124 cm³/mol. The minimum atomic E-state index is -0.0654. The molecule has 7 heteroatoms. The average molecular weight is 422 g/mol. The summed E-state index contributed by atoms with van der Waals surface area (Å²) in [7, 11) is 0. The fourth-order valence-corrected chi connectivity index (χ4v) is 4.04. The van der Waals surface area contributed by atoms with Gasteiger partial charge in [-0.1, -0.05) is 31.5 Å². The van der Waals surface area contributed by atoms with Gasteiger partial charge in [-0.05, 0) is 50.6 Å². The Hall–Kier alpha value is -2.77. The first kappa shape index (κ1) is 21.5. The molecule has 164 valence electrons. The Labute approximate surface area is 183 Å². The number of para-hydroxylation sites is 1. The lowest BCUT2D eigenvalue weighted by Crippen LogP contribution is -2.41. The molecule has 0 spiro atoms. The van der Waals surface area contributed by atoms with Crippen molar-refractivity contribution in [2.24, 2.45) is 0 Å². The highest BCUT2D eigenvalue weighted by Crippen LogP contribution is 2.29. The molecule has 1 fully saturated rings. The van der Waals surface area contributed by atoms with Gasteiger partial charge in [0, 0.05) is 36.0 Å². The van der Waals surface area contributed by atoms with E-state index in [-0.39, 0.29) is 5.56 Å². The van der Waals surface area contributed by atoms with Crippen LogP contribution < -0.4 is 15.8 Å². The van der Waals surface area contributed by atoms with Crippen LogP contribution >= 0.6 is 0 Å². The molecule has 1 aromatic carbocycles. The SMILES string of the molecule is CCCCOCCn1c(=O)ccc2cnc(N(c3ccccc3)C3CCNCC3)nc21. The Morgan fingerprint density at radius 3 is 2.71 bits per heavy atom. The van der Waals surface area contributed by atoms with Crippen molar-refractivity contribution in [3.8, 4) is 0 Å². The van der Waals surface area contributed by atoms with Crippen molar-refractivity contribution < 1.29 is 4.74 Å². The van der Waals surface area contributed by atoms with Gasteiger partial charge < -0.3 is 15.0 Å². The van der Waals surface area contributed by atoms with Crippen LogP contribution in [0.15, 0.2) is 53.5 Å². The van der Waals surface area contributed by atoms with Crippen LogP contribution in [0.3, 0.4) is 0 Å². The first-order chi connectivity index (χ1) is 15.3. The van der Waals surface area contributed by atoms with Crippen LogP contribution in [0.25, 0.3) is 11.0 Å². The molecular weight excluding hydrogens is 390 g/mol. The van der Waals surface area contributed by atoms with Gasteiger partial charge in [0.1, 0.15) is 5.65 Å². The van der Waals surface area contributed by atoms with Crippen LogP contribution in [0, 0.1) is 0 Å². The monoisotopic (exact) mass is 421 g/mol. The van der Waals surface area contributed by atoms with E-state index in [4.69, 9.17) is 14.7 Å². The number of pyridine rings is 1. The van der Waals surface area contributed by atoms with Gasteiger partial charge in [0.25, 0.3) is 5.56 Å². The van der Waals surface area contributed by atoms with Gasteiger partial charge in [0.15, 0.2) is 0 Å². The van der Waals surface area contributed by atoms with Gasteiger partial charge in [-0.2, -0.15) is 4.98 Å². The number of rotatable bonds is 9. The molecule has 7 nitrogen and oxygen atoms in total. The third kappa shape index (κ3) is 5.11. The third-order valence-corrected chi connectivity index (χ3v) is 5.74. The lowest BCUT2D eigenvalue weighted by Gasteiger charge is -2.34. The van der Waals surface area contributed by atoms with Crippen LogP contribution in [0.5, 0.6) is 0 Å². The molecule has 0 amide bonds. The second-order valence-electron chi connectivity index (χ2n) is 7.92. The number of nitrogens with zero attached hydrogens (tertiary/aromatic N) is 4. The minimum absolute atomic E-state index is 0.0654. The van der Waals surface area contributed by atoms with Crippen molar-refractivity contribution >= 4 is 22.7 Å². The smallest absolute Gasteiger partial charge is 0.252 e. The predicted octanol–water partition coefficient (Wildman–Crippen LogP) is 3.50. The molecule has 1 aliphatic rings. The number of piperidine rings is 1. The zero-order valence-electron chi connectivity index (χ0n) is 18.2. The fourth-order valence-electron chi connectivity index (χ4n) is 4.04. The van der Waals surface area contributed by atoms with Crippen LogP contribution in [-0.2, 0) is 11.3 Å². The summed E-state index contributed by atoms with van der Waals surface area (Å²) in [6.45, 7) is 5.78. The Kier molecular flexibility index (Phi) is 7.27. The van der Waals surface area contributed by atoms with Crippen molar-refractivity contribution in [3.63, 3.8) is 0 Å². The van der Waals surface area contributed by atoms with E-state index >= 15 is 0 Å². The maximum absolute atomic E-state index is 12.6. The Morgan fingerprint density at radius 1 is 1.13 bits per heavy atom. The molecule has 31 heavy (non-hydrogen) atoms. The summed E-state index contributed by atoms with van der Waals surface area (Å²) >= 11 is 0. The molecule has 0 unspecified atom stereocenters. The summed E-state index contributed by atoms with van der Waals surface area (Å²) in [6.07, 6.45) is 5.98. The molecule has 1 aliphatic heterocycles. The molecule has 0 atom stereocenters. The van der Waals surface area contributed by atoms with Crippen molar-refractivity contribution in [3.05, 3.63) is 59.0 Å². The van der Waals surface area contributed by atoms with E-state index in [2.05, 4.69) is 29.3 Å². The maximum atomic E-state index is 12.6. The van der Waals surface area contributed by atoms with E-state index in [1.54, 1.807) is 16.7 Å². The van der Waals surface area contributed by atoms with Gasteiger partial charge in [0.05, 0.1) is 13.2 Å². The standard InChI is InChI=1S/C24H31N5O2/c1-2-3-16-31-17-15-28-22(30)10-9-19-18-26-24(27-23(19)28)29(20-7-5-4-6-8-20)21-11-13-25-14-12-21/h4-10,18,21,25H,2-3,11-17H2,1H3. The molecule has 1 saturated heterocycles. The number of hydrogen-bond donors (Lipinski definition) is 1. The number of hydrogen-bond acceptors (Lipinski definition) is 6. The highest BCUT2D eigenvalue weighted by Gasteiger charge is 2.25. The van der Waals surface area contributed by atoms with Gasteiger partial charge >= 0.3 is 0 Å². The van der Waals surface area contributed by atoms with Gasteiger partial charge in [-0.25, -0.2) is 4.98 Å². The van der Waals surface area contributed by atoms with E-state index in [1.165, 1.54) is 0 Å². The molecule has 0 radical (unpaired) electrons. The summed E-state index contributed by atoms with van der Waals surface area (Å²) in [4.78, 5) is 24.5. The number of benzene rings is 1. The number of aromatic nitrogens is 3. The summed E-state index contributed by atoms with van der Waals surface area (Å²) < 4.78 is 7.41. The second-order valence-corrected chi connectivity index (χ2v) is 7.92. The van der Waals surface area contributed by atoms with Crippen LogP contribution in [-0.4, -0.2) is 46.9 Å². The number of fused-ring (bicyclic) bond motifs is 1. The van der Waals surface area contributed by atoms with E-state index in [0.717, 1.165) is 49.8 Å². The van der Waals surface area contributed by atoms with Crippen LogP contribution in [0.2, 0.25) is 0 Å². The quantitative estimate of drug-likeness (QED) is 0.533. The largest absolute Gasteiger partial charge is 0.380 e. The normalized spacial score (nSPS) is 14.7. The third-order valence-electron chi connectivity index (χ3n) is 5.74.